The number of nitrogens with two attached hydrogens (primary N) is 1. The van der Waals surface area contributed by atoms with Crippen molar-refractivity contribution in [2.75, 3.05) is 5.73 Å². The Balaban J connectivity index is 2.04. The van der Waals surface area contributed by atoms with Crippen LogP contribution < -0.4 is 16.0 Å². The van der Waals surface area contributed by atoms with E-state index in [1.165, 1.54) is 18.2 Å². The van der Waals surface area contributed by atoms with Gasteiger partial charge in [-0.2, -0.15) is 10.5 Å². The number of anilines is 1. The molecule has 3 N–H and O–H groups in total. The molecule has 126 valence electrons. The lowest BCUT2D eigenvalue weighted by molar-refractivity contribution is 0.477. The fourth-order valence-corrected chi connectivity index (χ4v) is 2.49. The van der Waals surface area contributed by atoms with E-state index in [-0.39, 0.29) is 22.5 Å². The molecule has 1 heterocycles. The monoisotopic (exact) mass is 346 g/mol. The van der Waals surface area contributed by atoms with Crippen LogP contribution in [-0.4, -0.2) is 4.98 Å². The van der Waals surface area contributed by atoms with Crippen LogP contribution in [0.3, 0.4) is 0 Å². The Morgan fingerprint density at radius 3 is 2.31 bits per heavy atom. The summed E-state index contributed by atoms with van der Waals surface area (Å²) in [6, 6.07) is 15.7. The minimum atomic E-state index is -0.668. The standard InChI is InChI=1S/C19H11FN4O2/c20-12-2-1-3-14(8-12)26-13-6-4-11(5-7-13)17-15(9-21)18(23)24-19(25)16(17)10-22/h1-8H,(H3,23,24,25). The second-order valence-electron chi connectivity index (χ2n) is 5.30. The van der Waals surface area contributed by atoms with Gasteiger partial charge in [0.1, 0.15) is 46.4 Å². The van der Waals surface area contributed by atoms with Gasteiger partial charge in [0, 0.05) is 11.6 Å². The average Bonchev–Trinajstić information content (AvgIpc) is 2.62. The zero-order valence-corrected chi connectivity index (χ0v) is 13.3. The van der Waals surface area contributed by atoms with Gasteiger partial charge < -0.3 is 15.5 Å². The van der Waals surface area contributed by atoms with Gasteiger partial charge in [0.2, 0.25) is 0 Å². The highest BCUT2D eigenvalue weighted by Gasteiger charge is 2.18. The molecule has 7 heteroatoms. The van der Waals surface area contributed by atoms with E-state index in [1.807, 2.05) is 6.07 Å². The summed E-state index contributed by atoms with van der Waals surface area (Å²) in [5, 5.41) is 18.6. The SMILES string of the molecule is N#Cc1c(N)[nH]c(=O)c(C#N)c1-c1ccc(Oc2cccc(F)c2)cc1. The van der Waals surface area contributed by atoms with Crippen LogP contribution in [0.25, 0.3) is 11.1 Å². The Morgan fingerprint density at radius 1 is 1.00 bits per heavy atom. The van der Waals surface area contributed by atoms with Gasteiger partial charge in [-0.1, -0.05) is 18.2 Å². The molecule has 0 unspecified atom stereocenters. The summed E-state index contributed by atoms with van der Waals surface area (Å²) in [5.41, 5.74) is 5.46. The molecule has 0 aliphatic rings. The molecular weight excluding hydrogens is 335 g/mol. The van der Waals surface area contributed by atoms with Gasteiger partial charge in [-0.15, -0.1) is 0 Å². The number of nitrogens with zero attached hydrogens (tertiary/aromatic N) is 2. The maximum absolute atomic E-state index is 13.2. The van der Waals surface area contributed by atoms with Gasteiger partial charge >= 0.3 is 0 Å². The summed E-state index contributed by atoms with van der Waals surface area (Å²) in [6.45, 7) is 0. The van der Waals surface area contributed by atoms with Crippen molar-refractivity contribution >= 4 is 5.82 Å². The summed E-state index contributed by atoms with van der Waals surface area (Å²) < 4.78 is 18.8. The van der Waals surface area contributed by atoms with Gasteiger partial charge in [-0.3, -0.25) is 4.79 Å². The molecule has 0 saturated heterocycles. The smallest absolute Gasteiger partial charge is 0.268 e. The summed E-state index contributed by atoms with van der Waals surface area (Å²) >= 11 is 0. The molecule has 0 spiro atoms. The van der Waals surface area contributed by atoms with Crippen molar-refractivity contribution in [1.29, 1.82) is 10.5 Å². The lowest BCUT2D eigenvalue weighted by atomic mass is 9.96. The fourth-order valence-electron chi connectivity index (χ4n) is 2.49. The number of aromatic amines is 1. The molecule has 0 atom stereocenters. The number of benzene rings is 2. The minimum absolute atomic E-state index is 0.0138. The van der Waals surface area contributed by atoms with E-state index < -0.39 is 11.4 Å². The highest BCUT2D eigenvalue weighted by atomic mass is 19.1. The van der Waals surface area contributed by atoms with E-state index in [0.29, 0.717) is 17.1 Å². The van der Waals surface area contributed by atoms with Crippen molar-refractivity contribution in [3.8, 4) is 34.8 Å². The van der Waals surface area contributed by atoms with Crippen molar-refractivity contribution in [3.63, 3.8) is 0 Å². The number of hydrogen-bond donors (Lipinski definition) is 2. The molecule has 1 aromatic heterocycles. The molecule has 0 amide bonds. The van der Waals surface area contributed by atoms with Crippen LogP contribution in [-0.2, 0) is 0 Å². The van der Waals surface area contributed by atoms with E-state index >= 15 is 0 Å². The largest absolute Gasteiger partial charge is 0.457 e. The summed E-state index contributed by atoms with van der Waals surface area (Å²) in [6.07, 6.45) is 0. The quantitative estimate of drug-likeness (QED) is 0.755. The summed E-state index contributed by atoms with van der Waals surface area (Å²) in [4.78, 5) is 14.2. The minimum Gasteiger partial charge on any atom is -0.457 e. The molecule has 3 aromatic rings. The number of pyridine rings is 1. The van der Waals surface area contributed by atoms with Crippen LogP contribution in [0.5, 0.6) is 11.5 Å². The van der Waals surface area contributed by atoms with E-state index in [2.05, 4.69) is 4.98 Å². The van der Waals surface area contributed by atoms with Gasteiger partial charge in [-0.25, -0.2) is 4.39 Å². The first-order chi connectivity index (χ1) is 12.5. The van der Waals surface area contributed by atoms with Gasteiger partial charge in [-0.05, 0) is 29.8 Å². The molecular formula is C19H11FN4O2. The molecule has 0 aliphatic heterocycles. The molecule has 0 fully saturated rings. The fraction of sp³-hybridized carbons (Fsp3) is 0. The lowest BCUT2D eigenvalue weighted by Gasteiger charge is -2.10. The molecule has 6 nitrogen and oxygen atoms in total. The van der Waals surface area contributed by atoms with Gasteiger partial charge in [0.05, 0.1) is 0 Å². The number of aromatic nitrogens is 1. The van der Waals surface area contributed by atoms with Gasteiger partial charge in [0.25, 0.3) is 5.56 Å². The third-order valence-corrected chi connectivity index (χ3v) is 3.64. The first-order valence-electron chi connectivity index (χ1n) is 7.43. The van der Waals surface area contributed by atoms with Crippen molar-refractivity contribution < 1.29 is 9.13 Å². The molecule has 0 radical (unpaired) electrons. The maximum Gasteiger partial charge on any atom is 0.268 e. The van der Waals surface area contributed by atoms with Crippen LogP contribution in [0.15, 0.2) is 53.3 Å². The van der Waals surface area contributed by atoms with E-state index in [0.717, 1.165) is 0 Å². The Morgan fingerprint density at radius 2 is 1.69 bits per heavy atom. The zero-order chi connectivity index (χ0) is 18.7. The van der Waals surface area contributed by atoms with Crippen molar-refractivity contribution in [1.82, 2.24) is 4.98 Å². The number of H-pyrrole nitrogens is 1. The number of ether oxygens (including phenoxy) is 1. The predicted octanol–water partition coefficient (Wildman–Crippen LogP) is 3.30. The highest BCUT2D eigenvalue weighted by Crippen LogP contribution is 2.30. The number of nitrogens with one attached hydrogen (secondary N) is 1. The van der Waals surface area contributed by atoms with E-state index in [4.69, 9.17) is 10.5 Å². The first kappa shape index (κ1) is 16.7. The first-order valence-corrected chi connectivity index (χ1v) is 7.43. The molecule has 0 aliphatic carbocycles. The average molecular weight is 346 g/mol. The van der Waals surface area contributed by atoms with Crippen LogP contribution in [0.2, 0.25) is 0 Å². The van der Waals surface area contributed by atoms with Crippen LogP contribution in [0.4, 0.5) is 10.2 Å². The number of nitrogen functional groups attached to an aromatic ring is 1. The van der Waals surface area contributed by atoms with Crippen molar-refractivity contribution in [2.45, 2.75) is 0 Å². The Hall–Kier alpha value is -4.10. The van der Waals surface area contributed by atoms with Crippen LogP contribution in [0.1, 0.15) is 11.1 Å². The zero-order valence-electron chi connectivity index (χ0n) is 13.3. The second-order valence-corrected chi connectivity index (χ2v) is 5.30. The highest BCUT2D eigenvalue weighted by molar-refractivity contribution is 5.80. The topological polar surface area (TPSA) is 116 Å². The summed E-state index contributed by atoms with van der Waals surface area (Å²) in [5.74, 6) is 0.227. The number of halogens is 1. The lowest BCUT2D eigenvalue weighted by Crippen LogP contribution is -2.16. The molecule has 0 saturated carbocycles. The van der Waals surface area contributed by atoms with Crippen molar-refractivity contribution in [2.24, 2.45) is 0 Å². The Kier molecular flexibility index (Phi) is 4.38. The normalized spacial score (nSPS) is 9.96. The molecule has 0 bridgehead atoms. The Labute approximate surface area is 147 Å². The predicted molar refractivity (Wildman–Crippen MR) is 92.8 cm³/mol. The Bertz CT molecular complexity index is 1120. The van der Waals surface area contributed by atoms with Gasteiger partial charge in [0.15, 0.2) is 0 Å². The maximum atomic E-state index is 13.2. The summed E-state index contributed by atoms with van der Waals surface area (Å²) in [7, 11) is 0. The van der Waals surface area contributed by atoms with E-state index in [9.17, 15) is 19.7 Å². The van der Waals surface area contributed by atoms with Crippen LogP contribution >= 0.6 is 0 Å². The molecule has 2 aromatic carbocycles. The molecule has 3 rings (SSSR count). The van der Waals surface area contributed by atoms with Crippen molar-refractivity contribution in [3.05, 3.63) is 75.8 Å². The van der Waals surface area contributed by atoms with E-state index in [1.54, 1.807) is 36.4 Å². The number of hydrogen-bond acceptors (Lipinski definition) is 5. The number of nitriles is 2. The number of rotatable bonds is 3. The molecule has 26 heavy (non-hydrogen) atoms. The third-order valence-electron chi connectivity index (χ3n) is 3.64. The third kappa shape index (κ3) is 3.10. The second kappa shape index (κ2) is 6.80. The van der Waals surface area contributed by atoms with Crippen LogP contribution in [0, 0.1) is 28.5 Å².